The van der Waals surface area contributed by atoms with Gasteiger partial charge in [0.25, 0.3) is 0 Å². The third-order valence-electron chi connectivity index (χ3n) is 2.60. The van der Waals surface area contributed by atoms with Crippen molar-refractivity contribution in [2.75, 3.05) is 31.1 Å². The minimum absolute atomic E-state index is 0.310. The first-order valence-corrected chi connectivity index (χ1v) is 7.51. The van der Waals surface area contributed by atoms with E-state index in [1.165, 1.54) is 4.88 Å². The largest absolute Gasteiger partial charge is 0.377 e. The van der Waals surface area contributed by atoms with Crippen LogP contribution in [-0.2, 0) is 11.3 Å². The Hall–Kier alpha value is -0.650. The second kappa shape index (κ2) is 8.45. The molecule has 1 aromatic rings. The second-order valence-corrected chi connectivity index (χ2v) is 5.47. The van der Waals surface area contributed by atoms with Crippen molar-refractivity contribution in [2.24, 2.45) is 0 Å². The van der Waals surface area contributed by atoms with Crippen LogP contribution in [0.4, 0.5) is 5.13 Å². The molecule has 0 radical (unpaired) electrons. The molecule has 18 heavy (non-hydrogen) atoms. The average Bonchev–Trinajstić information content (AvgIpc) is 2.79. The number of hydrogen-bond donors (Lipinski definition) is 1. The van der Waals surface area contributed by atoms with Crippen LogP contribution in [0.15, 0.2) is 6.20 Å². The van der Waals surface area contributed by atoms with Gasteiger partial charge in [-0.2, -0.15) is 0 Å². The van der Waals surface area contributed by atoms with Crippen LogP contribution in [0, 0.1) is 0 Å². The van der Waals surface area contributed by atoms with Crippen molar-refractivity contribution >= 4 is 16.5 Å². The molecule has 0 spiro atoms. The van der Waals surface area contributed by atoms with Crippen molar-refractivity contribution in [2.45, 2.75) is 40.3 Å². The molecule has 104 valence electrons. The molecule has 0 aliphatic heterocycles. The second-order valence-electron chi connectivity index (χ2n) is 4.38. The number of nitrogens with zero attached hydrogens (tertiary/aromatic N) is 2. The molecule has 0 bridgehead atoms. The lowest BCUT2D eigenvalue weighted by Crippen LogP contribution is -2.21. The molecule has 0 saturated carbocycles. The van der Waals surface area contributed by atoms with Crippen molar-refractivity contribution in [1.82, 2.24) is 10.3 Å². The average molecular weight is 271 g/mol. The molecule has 0 fully saturated rings. The maximum atomic E-state index is 5.48. The van der Waals surface area contributed by atoms with Crippen molar-refractivity contribution < 1.29 is 4.74 Å². The SMILES string of the molecule is CCN(CC)c1ncc(CNCCOC(C)C)s1. The summed E-state index contributed by atoms with van der Waals surface area (Å²) in [4.78, 5) is 8.01. The number of hydrogen-bond acceptors (Lipinski definition) is 5. The zero-order valence-corrected chi connectivity index (χ0v) is 12.7. The Bertz CT molecular complexity index is 324. The van der Waals surface area contributed by atoms with Crippen molar-refractivity contribution in [3.63, 3.8) is 0 Å². The summed E-state index contributed by atoms with van der Waals surface area (Å²) in [7, 11) is 0. The van der Waals surface area contributed by atoms with E-state index < -0.39 is 0 Å². The van der Waals surface area contributed by atoms with E-state index in [2.05, 4.69) is 42.9 Å². The number of nitrogens with one attached hydrogen (secondary N) is 1. The Morgan fingerprint density at radius 2 is 2.11 bits per heavy atom. The van der Waals surface area contributed by atoms with Gasteiger partial charge in [0.05, 0.1) is 12.7 Å². The third kappa shape index (κ3) is 5.33. The summed E-state index contributed by atoms with van der Waals surface area (Å²) in [5.41, 5.74) is 0. The maximum absolute atomic E-state index is 5.48. The third-order valence-corrected chi connectivity index (χ3v) is 3.66. The molecular weight excluding hydrogens is 246 g/mol. The van der Waals surface area contributed by atoms with Crippen molar-refractivity contribution in [3.05, 3.63) is 11.1 Å². The fourth-order valence-corrected chi connectivity index (χ4v) is 2.60. The first-order chi connectivity index (χ1) is 8.67. The highest BCUT2D eigenvalue weighted by molar-refractivity contribution is 7.15. The van der Waals surface area contributed by atoms with Gasteiger partial charge >= 0.3 is 0 Å². The maximum Gasteiger partial charge on any atom is 0.185 e. The Morgan fingerprint density at radius 1 is 1.39 bits per heavy atom. The van der Waals surface area contributed by atoms with Gasteiger partial charge in [0.1, 0.15) is 0 Å². The van der Waals surface area contributed by atoms with Gasteiger partial charge in [-0.25, -0.2) is 4.98 Å². The molecule has 1 aromatic heterocycles. The molecule has 0 aliphatic rings. The van der Waals surface area contributed by atoms with Gasteiger partial charge in [0.15, 0.2) is 5.13 Å². The van der Waals surface area contributed by atoms with E-state index in [-0.39, 0.29) is 0 Å². The zero-order valence-electron chi connectivity index (χ0n) is 11.9. The van der Waals surface area contributed by atoms with E-state index in [1.807, 2.05) is 6.20 Å². The van der Waals surface area contributed by atoms with E-state index in [1.54, 1.807) is 11.3 Å². The molecule has 1 heterocycles. The summed E-state index contributed by atoms with van der Waals surface area (Å²) < 4.78 is 5.48. The first-order valence-electron chi connectivity index (χ1n) is 6.69. The van der Waals surface area contributed by atoms with Crippen LogP contribution in [-0.4, -0.2) is 37.3 Å². The Labute approximate surface area is 114 Å². The zero-order chi connectivity index (χ0) is 13.4. The minimum Gasteiger partial charge on any atom is -0.377 e. The normalized spacial score (nSPS) is 11.2. The Kier molecular flexibility index (Phi) is 7.23. The summed E-state index contributed by atoms with van der Waals surface area (Å²) in [6, 6.07) is 0. The van der Waals surface area contributed by atoms with Crippen LogP contribution >= 0.6 is 11.3 Å². The van der Waals surface area contributed by atoms with Gasteiger partial charge in [0, 0.05) is 37.3 Å². The van der Waals surface area contributed by atoms with Gasteiger partial charge < -0.3 is 15.0 Å². The Morgan fingerprint density at radius 3 is 2.72 bits per heavy atom. The number of thiazole rings is 1. The summed E-state index contributed by atoms with van der Waals surface area (Å²) in [6.07, 6.45) is 2.28. The van der Waals surface area contributed by atoms with E-state index in [4.69, 9.17) is 4.74 Å². The lowest BCUT2D eigenvalue weighted by Gasteiger charge is -2.16. The summed E-state index contributed by atoms with van der Waals surface area (Å²) >= 11 is 1.77. The molecule has 0 saturated heterocycles. The monoisotopic (exact) mass is 271 g/mol. The Balaban J connectivity index is 2.27. The quantitative estimate of drug-likeness (QED) is 0.700. The number of aromatic nitrogens is 1. The molecule has 5 heteroatoms. The van der Waals surface area contributed by atoms with Crippen molar-refractivity contribution in [3.8, 4) is 0 Å². The van der Waals surface area contributed by atoms with Gasteiger partial charge in [-0.1, -0.05) is 0 Å². The molecule has 1 rings (SSSR count). The minimum atomic E-state index is 0.310. The summed E-state index contributed by atoms with van der Waals surface area (Å²) in [5.74, 6) is 0. The molecule has 0 amide bonds. The summed E-state index contributed by atoms with van der Waals surface area (Å²) in [6.45, 7) is 13.0. The molecule has 0 aromatic carbocycles. The molecule has 0 unspecified atom stereocenters. The standard InChI is InChI=1S/C13H25N3OS/c1-5-16(6-2)13-15-10-12(18-13)9-14-7-8-17-11(3)4/h10-11,14H,5-9H2,1-4H3. The van der Waals surface area contributed by atoms with Crippen LogP contribution in [0.5, 0.6) is 0 Å². The van der Waals surface area contributed by atoms with Crippen LogP contribution in [0.25, 0.3) is 0 Å². The fourth-order valence-electron chi connectivity index (χ4n) is 1.60. The first kappa shape index (κ1) is 15.4. The van der Waals surface area contributed by atoms with E-state index in [0.717, 1.165) is 37.9 Å². The molecule has 0 atom stereocenters. The number of anilines is 1. The van der Waals surface area contributed by atoms with E-state index in [0.29, 0.717) is 6.10 Å². The number of rotatable bonds is 9. The lowest BCUT2D eigenvalue weighted by molar-refractivity contribution is 0.0807. The molecule has 1 N–H and O–H groups in total. The topological polar surface area (TPSA) is 37.4 Å². The van der Waals surface area contributed by atoms with Crippen molar-refractivity contribution in [1.29, 1.82) is 0 Å². The van der Waals surface area contributed by atoms with Gasteiger partial charge in [0.2, 0.25) is 0 Å². The van der Waals surface area contributed by atoms with E-state index >= 15 is 0 Å². The number of ether oxygens (including phenoxy) is 1. The highest BCUT2D eigenvalue weighted by Gasteiger charge is 2.07. The lowest BCUT2D eigenvalue weighted by atomic mass is 10.5. The fraction of sp³-hybridized carbons (Fsp3) is 0.769. The van der Waals surface area contributed by atoms with Gasteiger partial charge in [-0.15, -0.1) is 11.3 Å². The van der Waals surface area contributed by atoms with Crippen LogP contribution in [0.2, 0.25) is 0 Å². The summed E-state index contributed by atoms with van der Waals surface area (Å²) in [5, 5.41) is 4.49. The van der Waals surface area contributed by atoms with Gasteiger partial charge in [-0.05, 0) is 27.7 Å². The molecule has 4 nitrogen and oxygen atoms in total. The predicted molar refractivity (Wildman–Crippen MR) is 78.5 cm³/mol. The highest BCUT2D eigenvalue weighted by Crippen LogP contribution is 2.21. The predicted octanol–water partition coefficient (Wildman–Crippen LogP) is 2.50. The molecular formula is C13H25N3OS. The van der Waals surface area contributed by atoms with Crippen LogP contribution < -0.4 is 10.2 Å². The van der Waals surface area contributed by atoms with E-state index in [9.17, 15) is 0 Å². The molecule has 0 aliphatic carbocycles. The van der Waals surface area contributed by atoms with Crippen LogP contribution in [0.1, 0.15) is 32.6 Å². The van der Waals surface area contributed by atoms with Crippen LogP contribution in [0.3, 0.4) is 0 Å². The highest BCUT2D eigenvalue weighted by atomic mass is 32.1. The van der Waals surface area contributed by atoms with Gasteiger partial charge in [-0.3, -0.25) is 0 Å². The smallest absolute Gasteiger partial charge is 0.185 e.